The van der Waals surface area contributed by atoms with Gasteiger partial charge in [-0.2, -0.15) is 0 Å². The number of hydrogen-bond acceptors (Lipinski definition) is 9. The van der Waals surface area contributed by atoms with Crippen LogP contribution in [0.3, 0.4) is 0 Å². The fourth-order valence-electron chi connectivity index (χ4n) is 5.38. The van der Waals surface area contributed by atoms with E-state index in [9.17, 15) is 4.79 Å². The van der Waals surface area contributed by atoms with Crippen LogP contribution >= 0.6 is 0 Å². The number of para-hydroxylation sites is 1. The smallest absolute Gasteiger partial charge is 0.282 e. The molecule has 1 saturated heterocycles. The van der Waals surface area contributed by atoms with Crippen molar-refractivity contribution >= 4 is 11.7 Å². The van der Waals surface area contributed by atoms with Crippen LogP contribution in [0.1, 0.15) is 41.4 Å². The molecule has 2 aliphatic heterocycles. The summed E-state index contributed by atoms with van der Waals surface area (Å²) in [6.45, 7) is 4.66. The van der Waals surface area contributed by atoms with Gasteiger partial charge in [0.15, 0.2) is 5.82 Å². The Morgan fingerprint density at radius 3 is 2.83 bits per heavy atom. The largest absolute Gasteiger partial charge is 0.490 e. The van der Waals surface area contributed by atoms with Crippen LogP contribution in [0.15, 0.2) is 42.9 Å². The lowest BCUT2D eigenvalue weighted by Crippen LogP contribution is -2.65. The van der Waals surface area contributed by atoms with Crippen LogP contribution in [-0.2, 0) is 13.0 Å². The number of anilines is 1. The van der Waals surface area contributed by atoms with Gasteiger partial charge in [-0.25, -0.2) is 4.98 Å². The van der Waals surface area contributed by atoms with E-state index in [4.69, 9.17) is 15.2 Å². The van der Waals surface area contributed by atoms with Gasteiger partial charge < -0.3 is 25.4 Å². The summed E-state index contributed by atoms with van der Waals surface area (Å²) in [5.41, 5.74) is 8.29. The second kappa shape index (κ2) is 8.46. The monoisotopic (exact) mass is 473 g/mol. The van der Waals surface area contributed by atoms with Crippen LogP contribution in [0.2, 0.25) is 0 Å². The number of amides is 1. The van der Waals surface area contributed by atoms with Crippen LogP contribution < -0.4 is 25.4 Å². The second-order valence-corrected chi connectivity index (χ2v) is 9.78. The van der Waals surface area contributed by atoms with Crippen LogP contribution in [0, 0.1) is 5.41 Å². The van der Waals surface area contributed by atoms with Crippen molar-refractivity contribution in [2.24, 2.45) is 11.1 Å². The third-order valence-corrected chi connectivity index (χ3v) is 7.13. The molecule has 4 heterocycles. The zero-order valence-corrected chi connectivity index (χ0v) is 19.5. The first-order valence-corrected chi connectivity index (χ1v) is 11.9. The maximum Gasteiger partial charge on any atom is 0.282 e. The molecule has 35 heavy (non-hydrogen) atoms. The molecule has 1 atom stereocenters. The highest BCUT2D eigenvalue weighted by Crippen LogP contribution is 2.51. The molecule has 1 saturated carbocycles. The van der Waals surface area contributed by atoms with Gasteiger partial charge in [0.2, 0.25) is 0 Å². The van der Waals surface area contributed by atoms with Crippen molar-refractivity contribution in [3.05, 3.63) is 59.7 Å². The number of nitrogens with two attached hydrogens (primary N) is 1. The molecule has 10 heteroatoms. The fraction of sp³-hybridized carbons (Fsp3) is 0.400. The molecule has 2 fully saturated rings. The topological polar surface area (TPSA) is 128 Å². The third-order valence-electron chi connectivity index (χ3n) is 7.13. The number of pyridine rings is 1. The summed E-state index contributed by atoms with van der Waals surface area (Å²) in [4.78, 5) is 22.8. The van der Waals surface area contributed by atoms with Crippen molar-refractivity contribution in [2.45, 2.75) is 44.9 Å². The molecule has 3 N–H and O–H groups in total. The number of ether oxygens (including phenoxy) is 2. The Labute approximate surface area is 202 Å². The van der Waals surface area contributed by atoms with E-state index in [0.717, 1.165) is 50.3 Å². The Bertz CT molecular complexity index is 1270. The van der Waals surface area contributed by atoms with E-state index in [1.807, 2.05) is 12.3 Å². The van der Waals surface area contributed by atoms with E-state index < -0.39 is 5.91 Å². The first-order chi connectivity index (χ1) is 17.0. The van der Waals surface area contributed by atoms with Gasteiger partial charge in [-0.1, -0.05) is 12.1 Å². The van der Waals surface area contributed by atoms with E-state index in [1.54, 1.807) is 24.3 Å². The van der Waals surface area contributed by atoms with Crippen molar-refractivity contribution in [2.75, 3.05) is 18.0 Å². The molecule has 180 valence electrons. The molecule has 10 nitrogen and oxygen atoms in total. The van der Waals surface area contributed by atoms with Gasteiger partial charge in [0, 0.05) is 49.3 Å². The Kier molecular flexibility index (Phi) is 5.25. The van der Waals surface area contributed by atoms with Gasteiger partial charge in [0.25, 0.3) is 11.8 Å². The van der Waals surface area contributed by atoms with Crippen molar-refractivity contribution < 1.29 is 14.3 Å². The SMILES string of the molecule is CC1Cc2nccc(OC3CC4(C3)CN(c3ncnnc3Oc3ccccc3C(N)=O)C4)c2CN1. The van der Waals surface area contributed by atoms with Gasteiger partial charge in [-0.3, -0.25) is 9.78 Å². The van der Waals surface area contributed by atoms with Crippen LogP contribution in [0.25, 0.3) is 0 Å². The third kappa shape index (κ3) is 4.03. The first kappa shape index (κ1) is 21.7. The second-order valence-electron chi connectivity index (χ2n) is 9.78. The molecule has 1 unspecified atom stereocenters. The number of nitrogens with zero attached hydrogens (tertiary/aromatic N) is 5. The highest BCUT2D eigenvalue weighted by molar-refractivity contribution is 5.95. The first-order valence-electron chi connectivity index (χ1n) is 11.9. The lowest BCUT2D eigenvalue weighted by molar-refractivity contribution is -0.0350. The van der Waals surface area contributed by atoms with Gasteiger partial charge in [-0.15, -0.1) is 10.2 Å². The average Bonchev–Trinajstić information content (AvgIpc) is 2.80. The lowest BCUT2D eigenvalue weighted by Gasteiger charge is -2.58. The molecule has 1 aromatic carbocycles. The van der Waals surface area contributed by atoms with Gasteiger partial charge >= 0.3 is 0 Å². The lowest BCUT2D eigenvalue weighted by atomic mass is 9.61. The normalized spacial score (nSPS) is 20.5. The van der Waals surface area contributed by atoms with E-state index in [0.29, 0.717) is 17.6 Å². The molecule has 1 aliphatic carbocycles. The van der Waals surface area contributed by atoms with Crippen molar-refractivity contribution in [3.63, 3.8) is 0 Å². The zero-order valence-electron chi connectivity index (χ0n) is 19.5. The van der Waals surface area contributed by atoms with E-state index >= 15 is 0 Å². The van der Waals surface area contributed by atoms with Gasteiger partial charge in [0.1, 0.15) is 23.9 Å². The number of nitrogens with one attached hydrogen (secondary N) is 1. The van der Waals surface area contributed by atoms with Crippen LogP contribution in [0.5, 0.6) is 17.4 Å². The highest BCUT2D eigenvalue weighted by atomic mass is 16.5. The Hall–Kier alpha value is -3.79. The standard InChI is InChI=1S/C25H27N7O3/c1-15-8-19-18(11-28-15)21(6-7-27-19)34-16-9-25(10-16)12-32(13-25)23-24(31-30-14-29-23)35-20-5-3-2-4-17(20)22(26)33/h2-7,14-16,28H,8-13H2,1H3,(H2,26,33). The van der Waals surface area contributed by atoms with Crippen molar-refractivity contribution in [1.82, 2.24) is 25.5 Å². The summed E-state index contributed by atoms with van der Waals surface area (Å²) in [7, 11) is 0. The molecule has 2 aromatic heterocycles. The van der Waals surface area contributed by atoms with E-state index in [1.165, 1.54) is 11.9 Å². The highest BCUT2D eigenvalue weighted by Gasteiger charge is 2.54. The number of benzene rings is 1. The zero-order chi connectivity index (χ0) is 24.0. The van der Waals surface area contributed by atoms with Crippen molar-refractivity contribution in [1.29, 1.82) is 0 Å². The number of carbonyl (C=O) groups excluding carboxylic acids is 1. The van der Waals surface area contributed by atoms with Crippen LogP contribution in [0.4, 0.5) is 5.82 Å². The molecule has 0 bridgehead atoms. The summed E-state index contributed by atoms with van der Waals surface area (Å²) in [6, 6.07) is 9.22. The average molecular weight is 474 g/mol. The predicted octanol–water partition coefficient (Wildman–Crippen LogP) is 2.24. The Morgan fingerprint density at radius 1 is 1.17 bits per heavy atom. The minimum absolute atomic E-state index is 0.199. The number of carbonyl (C=O) groups is 1. The summed E-state index contributed by atoms with van der Waals surface area (Å²) in [5.74, 6) is 1.59. The van der Waals surface area contributed by atoms with E-state index in [-0.39, 0.29) is 23.0 Å². The van der Waals surface area contributed by atoms with Crippen LogP contribution in [-0.4, -0.2) is 51.3 Å². The summed E-state index contributed by atoms with van der Waals surface area (Å²) in [6.07, 6.45) is 6.36. The van der Waals surface area contributed by atoms with Gasteiger partial charge in [-0.05, 0) is 38.0 Å². The fourth-order valence-corrected chi connectivity index (χ4v) is 5.38. The number of aromatic nitrogens is 4. The minimum atomic E-state index is -0.567. The Balaban J connectivity index is 1.10. The molecule has 6 rings (SSSR count). The minimum Gasteiger partial charge on any atom is -0.490 e. The number of fused-ring (bicyclic) bond motifs is 1. The summed E-state index contributed by atoms with van der Waals surface area (Å²) in [5, 5.41) is 11.5. The maximum absolute atomic E-state index is 11.7. The predicted molar refractivity (Wildman–Crippen MR) is 127 cm³/mol. The van der Waals surface area contributed by atoms with E-state index in [2.05, 4.69) is 37.3 Å². The maximum atomic E-state index is 11.7. The number of primary amides is 1. The molecule has 0 radical (unpaired) electrons. The quantitative estimate of drug-likeness (QED) is 0.554. The van der Waals surface area contributed by atoms with Gasteiger partial charge in [0.05, 0.1) is 11.3 Å². The molecular weight excluding hydrogens is 446 g/mol. The molecule has 1 amide bonds. The molecular formula is C25H27N7O3. The Morgan fingerprint density at radius 2 is 2.00 bits per heavy atom. The summed E-state index contributed by atoms with van der Waals surface area (Å²) < 4.78 is 12.3. The molecule has 3 aliphatic rings. The number of hydrogen-bond donors (Lipinski definition) is 2. The molecule has 1 spiro atoms. The molecule has 3 aromatic rings. The summed E-state index contributed by atoms with van der Waals surface area (Å²) >= 11 is 0. The number of rotatable bonds is 6. The van der Waals surface area contributed by atoms with Crippen molar-refractivity contribution in [3.8, 4) is 17.4 Å².